The third kappa shape index (κ3) is 5.10. The SMILES string of the molecule is CCOc1ccc(C(CNC(=O)c2c(C(C)(C)C)noc2C)N(C)C)cc1. The Bertz CT molecular complexity index is 758. The summed E-state index contributed by atoms with van der Waals surface area (Å²) in [4.78, 5) is 14.9. The first-order valence-corrected chi connectivity index (χ1v) is 9.29. The monoisotopic (exact) mass is 373 g/mol. The van der Waals surface area contributed by atoms with Gasteiger partial charge in [-0.05, 0) is 45.6 Å². The molecule has 1 unspecified atom stereocenters. The molecule has 6 nitrogen and oxygen atoms in total. The van der Waals surface area contributed by atoms with Crippen molar-refractivity contribution in [2.45, 2.75) is 46.1 Å². The van der Waals surface area contributed by atoms with Crippen molar-refractivity contribution in [1.29, 1.82) is 0 Å². The zero-order valence-electron chi connectivity index (χ0n) is 17.4. The Labute approximate surface area is 161 Å². The molecule has 2 rings (SSSR count). The highest BCUT2D eigenvalue weighted by Gasteiger charge is 2.29. The number of aryl methyl sites for hydroxylation is 1. The van der Waals surface area contributed by atoms with Crippen LogP contribution >= 0.6 is 0 Å². The maximum Gasteiger partial charge on any atom is 0.256 e. The second-order valence-corrected chi connectivity index (χ2v) is 7.90. The third-order valence-corrected chi connectivity index (χ3v) is 4.46. The Balaban J connectivity index is 2.15. The fourth-order valence-electron chi connectivity index (χ4n) is 2.98. The molecule has 27 heavy (non-hydrogen) atoms. The number of amides is 1. The molecule has 0 aliphatic carbocycles. The predicted molar refractivity (Wildman–Crippen MR) is 106 cm³/mol. The van der Waals surface area contributed by atoms with Gasteiger partial charge in [-0.3, -0.25) is 4.79 Å². The molecule has 1 N–H and O–H groups in total. The van der Waals surface area contributed by atoms with E-state index in [1.165, 1.54) is 0 Å². The van der Waals surface area contributed by atoms with Crippen molar-refractivity contribution in [3.63, 3.8) is 0 Å². The van der Waals surface area contributed by atoms with Crippen molar-refractivity contribution < 1.29 is 14.1 Å². The van der Waals surface area contributed by atoms with Crippen molar-refractivity contribution in [3.8, 4) is 5.75 Å². The smallest absolute Gasteiger partial charge is 0.256 e. The maximum absolute atomic E-state index is 12.8. The van der Waals surface area contributed by atoms with Crippen LogP contribution < -0.4 is 10.1 Å². The molecule has 0 aliphatic heterocycles. The summed E-state index contributed by atoms with van der Waals surface area (Å²) in [6, 6.07) is 8.03. The van der Waals surface area contributed by atoms with Gasteiger partial charge in [0.2, 0.25) is 0 Å². The number of nitrogens with zero attached hydrogens (tertiary/aromatic N) is 2. The molecule has 1 amide bonds. The summed E-state index contributed by atoms with van der Waals surface area (Å²) < 4.78 is 10.8. The van der Waals surface area contributed by atoms with Gasteiger partial charge in [-0.25, -0.2) is 0 Å². The van der Waals surface area contributed by atoms with Gasteiger partial charge in [-0.15, -0.1) is 0 Å². The fourth-order valence-corrected chi connectivity index (χ4v) is 2.98. The van der Waals surface area contributed by atoms with Crippen molar-refractivity contribution >= 4 is 5.91 Å². The highest BCUT2D eigenvalue weighted by Crippen LogP contribution is 2.27. The summed E-state index contributed by atoms with van der Waals surface area (Å²) in [6.07, 6.45) is 0. The number of aromatic nitrogens is 1. The van der Waals surface area contributed by atoms with Crippen LogP contribution in [0.4, 0.5) is 0 Å². The molecule has 148 valence electrons. The molecule has 1 aromatic carbocycles. The van der Waals surface area contributed by atoms with Gasteiger partial charge in [0, 0.05) is 12.0 Å². The molecule has 2 aromatic rings. The molecule has 0 radical (unpaired) electrons. The first-order valence-electron chi connectivity index (χ1n) is 9.29. The van der Waals surface area contributed by atoms with Gasteiger partial charge in [0.15, 0.2) is 0 Å². The van der Waals surface area contributed by atoms with E-state index in [0.29, 0.717) is 30.2 Å². The molecule has 6 heteroatoms. The van der Waals surface area contributed by atoms with Gasteiger partial charge in [0.25, 0.3) is 5.91 Å². The van der Waals surface area contributed by atoms with Crippen LogP contribution in [0.15, 0.2) is 28.8 Å². The van der Waals surface area contributed by atoms with Crippen LogP contribution in [0.1, 0.15) is 61.1 Å². The van der Waals surface area contributed by atoms with Gasteiger partial charge < -0.3 is 19.5 Å². The number of carbonyl (C=O) groups excluding carboxylic acids is 1. The van der Waals surface area contributed by atoms with Crippen LogP contribution in [0.3, 0.4) is 0 Å². The van der Waals surface area contributed by atoms with E-state index in [2.05, 4.69) is 15.4 Å². The minimum atomic E-state index is -0.263. The summed E-state index contributed by atoms with van der Waals surface area (Å²) in [7, 11) is 4.00. The van der Waals surface area contributed by atoms with Crippen LogP contribution in [0.2, 0.25) is 0 Å². The molecule has 0 fully saturated rings. The van der Waals surface area contributed by atoms with Gasteiger partial charge in [-0.1, -0.05) is 38.1 Å². The first-order chi connectivity index (χ1) is 12.6. The van der Waals surface area contributed by atoms with Gasteiger partial charge in [0.1, 0.15) is 22.8 Å². The Morgan fingerprint density at radius 2 is 1.89 bits per heavy atom. The zero-order valence-corrected chi connectivity index (χ0v) is 17.4. The third-order valence-electron chi connectivity index (χ3n) is 4.46. The average Bonchev–Trinajstić information content (AvgIpc) is 2.98. The van der Waals surface area contributed by atoms with Crippen LogP contribution in [0.5, 0.6) is 5.75 Å². The lowest BCUT2D eigenvalue weighted by molar-refractivity contribution is 0.0938. The average molecular weight is 373 g/mol. The number of benzene rings is 1. The molecule has 0 saturated heterocycles. The van der Waals surface area contributed by atoms with E-state index in [4.69, 9.17) is 9.26 Å². The second-order valence-electron chi connectivity index (χ2n) is 7.90. The molecule has 0 saturated carbocycles. The standard InChI is InChI=1S/C21H31N3O3/c1-8-26-16-11-9-15(10-12-16)17(24(6)7)13-22-20(25)18-14(2)27-23-19(18)21(3,4)5/h9-12,17H,8,13H2,1-7H3,(H,22,25). The lowest BCUT2D eigenvalue weighted by Crippen LogP contribution is -2.35. The first kappa shape index (κ1) is 21.0. The number of rotatable bonds is 7. The van der Waals surface area contributed by atoms with Crippen LogP contribution in [-0.4, -0.2) is 43.2 Å². The Hall–Kier alpha value is -2.34. The number of hydrogen-bond donors (Lipinski definition) is 1. The van der Waals surface area contributed by atoms with E-state index in [-0.39, 0.29) is 17.4 Å². The van der Waals surface area contributed by atoms with E-state index < -0.39 is 0 Å². The van der Waals surface area contributed by atoms with E-state index >= 15 is 0 Å². The summed E-state index contributed by atoms with van der Waals surface area (Å²) in [5.41, 5.74) is 2.06. The molecule has 1 atom stereocenters. The van der Waals surface area contributed by atoms with Crippen LogP contribution in [0.25, 0.3) is 0 Å². The zero-order chi connectivity index (χ0) is 20.2. The van der Waals surface area contributed by atoms with Crippen LogP contribution in [-0.2, 0) is 5.41 Å². The molecule has 1 aromatic heterocycles. The summed E-state index contributed by atoms with van der Waals surface area (Å²) >= 11 is 0. The molecule has 0 spiro atoms. The highest BCUT2D eigenvalue weighted by atomic mass is 16.5. The summed E-state index contributed by atoms with van der Waals surface area (Å²) in [6.45, 7) is 10.9. The van der Waals surface area contributed by atoms with E-state index in [1.807, 2.05) is 66.1 Å². The fraction of sp³-hybridized carbons (Fsp3) is 0.524. The quantitative estimate of drug-likeness (QED) is 0.801. The topological polar surface area (TPSA) is 67.6 Å². The summed E-state index contributed by atoms with van der Waals surface area (Å²) in [5.74, 6) is 1.23. The number of hydrogen-bond acceptors (Lipinski definition) is 5. The minimum absolute atomic E-state index is 0.0443. The number of likely N-dealkylation sites (N-methyl/N-ethyl adjacent to an activating group) is 1. The molecule has 1 heterocycles. The van der Waals surface area contributed by atoms with Gasteiger partial charge in [-0.2, -0.15) is 0 Å². The lowest BCUT2D eigenvalue weighted by atomic mass is 9.88. The minimum Gasteiger partial charge on any atom is -0.494 e. The Morgan fingerprint density at radius 3 is 2.41 bits per heavy atom. The van der Waals surface area contributed by atoms with Crippen LogP contribution in [0, 0.1) is 6.92 Å². The normalized spacial score (nSPS) is 12.9. The van der Waals surface area contributed by atoms with Gasteiger partial charge in [0.05, 0.1) is 12.6 Å². The van der Waals surface area contributed by atoms with E-state index in [0.717, 1.165) is 11.3 Å². The number of nitrogens with one attached hydrogen (secondary N) is 1. The Kier molecular flexibility index (Phi) is 6.65. The van der Waals surface area contributed by atoms with Gasteiger partial charge >= 0.3 is 0 Å². The molecule has 0 bridgehead atoms. The largest absolute Gasteiger partial charge is 0.494 e. The molecular weight excluding hydrogens is 342 g/mol. The lowest BCUT2D eigenvalue weighted by Gasteiger charge is -2.25. The predicted octanol–water partition coefficient (Wildman–Crippen LogP) is 3.71. The molecular formula is C21H31N3O3. The van der Waals surface area contributed by atoms with Crippen molar-refractivity contribution in [1.82, 2.24) is 15.4 Å². The summed E-state index contributed by atoms with van der Waals surface area (Å²) in [5, 5.41) is 7.14. The van der Waals surface area contributed by atoms with Crippen molar-refractivity contribution in [3.05, 3.63) is 46.8 Å². The number of ether oxygens (including phenoxy) is 1. The van der Waals surface area contributed by atoms with E-state index in [9.17, 15) is 4.79 Å². The van der Waals surface area contributed by atoms with Crippen molar-refractivity contribution in [2.24, 2.45) is 0 Å². The Morgan fingerprint density at radius 1 is 1.26 bits per heavy atom. The maximum atomic E-state index is 12.8. The molecule has 0 aliphatic rings. The number of carbonyl (C=O) groups is 1. The second kappa shape index (κ2) is 8.57. The van der Waals surface area contributed by atoms with Crippen molar-refractivity contribution in [2.75, 3.05) is 27.2 Å². The highest BCUT2D eigenvalue weighted by molar-refractivity contribution is 5.96. The van der Waals surface area contributed by atoms with E-state index in [1.54, 1.807) is 6.92 Å².